The zero-order valence-corrected chi connectivity index (χ0v) is 19.3. The van der Waals surface area contributed by atoms with E-state index in [0.717, 1.165) is 31.6 Å². The van der Waals surface area contributed by atoms with E-state index in [4.69, 9.17) is 21.1 Å². The summed E-state index contributed by atoms with van der Waals surface area (Å²) in [5.74, 6) is 2.06. The Morgan fingerprint density at radius 3 is 2.67 bits per heavy atom. The molecule has 2 aliphatic rings. The van der Waals surface area contributed by atoms with Crippen LogP contribution in [0.3, 0.4) is 0 Å². The van der Waals surface area contributed by atoms with Crippen LogP contribution in [0.15, 0.2) is 36.5 Å². The van der Waals surface area contributed by atoms with E-state index in [9.17, 15) is 4.39 Å². The van der Waals surface area contributed by atoms with E-state index in [1.165, 1.54) is 18.2 Å². The van der Waals surface area contributed by atoms with Gasteiger partial charge in [-0.15, -0.1) is 5.10 Å². The Bertz CT molecular complexity index is 1130. The maximum Gasteiger partial charge on any atom is 0.322 e. The summed E-state index contributed by atoms with van der Waals surface area (Å²) >= 11 is 5.88. The van der Waals surface area contributed by atoms with Crippen LogP contribution in [0.2, 0.25) is 5.02 Å². The highest BCUT2D eigenvalue weighted by atomic mass is 35.5. The molecule has 0 amide bonds. The largest absolute Gasteiger partial charge is 0.481 e. The Morgan fingerprint density at radius 1 is 1.18 bits per heavy atom. The first kappa shape index (κ1) is 21.8. The van der Waals surface area contributed by atoms with Gasteiger partial charge in [-0.25, -0.2) is 14.1 Å². The first-order valence-corrected chi connectivity index (χ1v) is 11.5. The number of pyridine rings is 1. The van der Waals surface area contributed by atoms with E-state index in [1.807, 2.05) is 19.1 Å². The van der Waals surface area contributed by atoms with Crippen LogP contribution >= 0.6 is 11.6 Å². The van der Waals surface area contributed by atoms with Crippen LogP contribution in [0.5, 0.6) is 17.6 Å². The summed E-state index contributed by atoms with van der Waals surface area (Å²) in [6, 6.07) is 8.89. The van der Waals surface area contributed by atoms with Gasteiger partial charge in [-0.3, -0.25) is 0 Å². The molecule has 1 aliphatic heterocycles. The van der Waals surface area contributed by atoms with Gasteiger partial charge in [0.15, 0.2) is 0 Å². The molecular weight excluding hydrogens is 447 g/mol. The maximum atomic E-state index is 13.5. The molecule has 3 heterocycles. The fraction of sp³-hybridized carbons (Fsp3) is 0.435. The Morgan fingerprint density at radius 2 is 1.97 bits per heavy atom. The number of nitrogens with one attached hydrogen (secondary N) is 1. The molecule has 1 aliphatic carbocycles. The molecule has 2 bridgehead atoms. The van der Waals surface area contributed by atoms with Crippen molar-refractivity contribution in [1.29, 1.82) is 0 Å². The number of aromatic nitrogens is 4. The lowest BCUT2D eigenvalue weighted by atomic mass is 9.92. The van der Waals surface area contributed by atoms with Crippen molar-refractivity contribution in [3.8, 4) is 17.6 Å². The minimum atomic E-state index is -0.490. The maximum absolute atomic E-state index is 13.5. The number of nitrogens with zero attached hydrogens (tertiary/aromatic N) is 5. The van der Waals surface area contributed by atoms with Crippen molar-refractivity contribution in [1.82, 2.24) is 19.7 Å². The van der Waals surface area contributed by atoms with E-state index < -0.39 is 5.82 Å². The molecule has 0 spiro atoms. The second-order valence-corrected chi connectivity index (χ2v) is 8.85. The van der Waals surface area contributed by atoms with E-state index in [-0.39, 0.29) is 5.02 Å². The van der Waals surface area contributed by atoms with Crippen molar-refractivity contribution in [3.63, 3.8) is 0 Å². The SMILES string of the molecule is CCn1nc(NC2[C@@H]3CC[C@H]2CN(c2ccnc(OC)c2)C3)nc1Oc1ccc(F)c(Cl)c1. The molecule has 1 saturated carbocycles. The molecule has 1 unspecified atom stereocenters. The van der Waals surface area contributed by atoms with Crippen LogP contribution in [-0.2, 0) is 6.54 Å². The molecule has 33 heavy (non-hydrogen) atoms. The van der Waals surface area contributed by atoms with Crippen LogP contribution < -0.4 is 19.7 Å². The standard InChI is InChI=1S/C23H26ClFN6O2/c1-3-31-23(33-17-6-7-19(25)18(24)11-17)28-22(29-31)27-21-14-4-5-15(21)13-30(12-14)16-8-9-26-20(10-16)32-2/h6-11,14-15,21H,3-5,12-13H2,1-2H3,(H,27,29)/t14-,15+,21?. The molecule has 5 rings (SSSR count). The molecule has 8 nitrogen and oxygen atoms in total. The van der Waals surface area contributed by atoms with E-state index in [1.54, 1.807) is 18.0 Å². The number of methoxy groups -OCH3 is 1. The molecule has 1 N–H and O–H groups in total. The fourth-order valence-electron chi connectivity index (χ4n) is 4.84. The monoisotopic (exact) mass is 472 g/mol. The minimum Gasteiger partial charge on any atom is -0.481 e. The molecule has 10 heteroatoms. The zero-order valence-electron chi connectivity index (χ0n) is 18.5. The molecule has 174 valence electrons. The number of hydrogen-bond acceptors (Lipinski definition) is 7. The number of halogens is 2. The molecule has 2 fully saturated rings. The number of fused-ring (bicyclic) bond motifs is 2. The molecule has 3 aromatic rings. The highest BCUT2D eigenvalue weighted by Gasteiger charge is 2.42. The molecule has 0 radical (unpaired) electrons. The van der Waals surface area contributed by atoms with Crippen molar-refractivity contribution in [3.05, 3.63) is 47.4 Å². The van der Waals surface area contributed by atoms with Gasteiger partial charge in [0.1, 0.15) is 11.6 Å². The topological polar surface area (TPSA) is 77.3 Å². The normalized spacial score (nSPS) is 21.8. The fourth-order valence-corrected chi connectivity index (χ4v) is 5.01. The summed E-state index contributed by atoms with van der Waals surface area (Å²) in [5.41, 5.74) is 1.14. The Labute approximate surface area is 196 Å². The predicted molar refractivity (Wildman–Crippen MR) is 124 cm³/mol. The van der Waals surface area contributed by atoms with Crippen molar-refractivity contribution in [2.45, 2.75) is 32.4 Å². The smallest absolute Gasteiger partial charge is 0.322 e. The van der Waals surface area contributed by atoms with Gasteiger partial charge in [0, 0.05) is 49.7 Å². The van der Waals surface area contributed by atoms with Crippen molar-refractivity contribution in [2.24, 2.45) is 11.8 Å². The lowest BCUT2D eigenvalue weighted by molar-refractivity contribution is 0.374. The Balaban J connectivity index is 1.29. The third kappa shape index (κ3) is 4.42. The van der Waals surface area contributed by atoms with Gasteiger partial charge in [-0.1, -0.05) is 11.6 Å². The van der Waals surface area contributed by atoms with Crippen LogP contribution in [0.25, 0.3) is 0 Å². The summed E-state index contributed by atoms with van der Waals surface area (Å²) < 4.78 is 26.3. The van der Waals surface area contributed by atoms with Crippen LogP contribution in [-0.4, -0.2) is 46.0 Å². The molecule has 1 aromatic carbocycles. The summed E-state index contributed by atoms with van der Waals surface area (Å²) in [7, 11) is 1.64. The molecule has 1 saturated heterocycles. The number of hydrogen-bond donors (Lipinski definition) is 1. The minimum absolute atomic E-state index is 0.00330. The average Bonchev–Trinajstić information content (AvgIpc) is 3.31. The summed E-state index contributed by atoms with van der Waals surface area (Å²) in [5, 5.41) is 8.15. The Kier molecular flexibility index (Phi) is 5.97. The van der Waals surface area contributed by atoms with Crippen molar-refractivity contribution < 1.29 is 13.9 Å². The highest BCUT2D eigenvalue weighted by molar-refractivity contribution is 6.30. The second kappa shape index (κ2) is 9.05. The zero-order chi connectivity index (χ0) is 22.9. The summed E-state index contributed by atoms with van der Waals surface area (Å²) in [4.78, 5) is 11.2. The van der Waals surface area contributed by atoms with Gasteiger partial charge < -0.3 is 19.7 Å². The van der Waals surface area contributed by atoms with Crippen LogP contribution in [0.4, 0.5) is 16.0 Å². The number of anilines is 2. The number of rotatable bonds is 7. The third-order valence-corrected chi connectivity index (χ3v) is 6.75. The quantitative estimate of drug-likeness (QED) is 0.537. The number of piperidine rings is 1. The summed E-state index contributed by atoms with van der Waals surface area (Å²) in [6.07, 6.45) is 4.11. The molecule has 3 atom stereocenters. The van der Waals surface area contributed by atoms with Gasteiger partial charge in [-0.2, -0.15) is 4.98 Å². The van der Waals surface area contributed by atoms with E-state index in [0.29, 0.717) is 48.0 Å². The third-order valence-electron chi connectivity index (χ3n) is 6.46. The highest BCUT2D eigenvalue weighted by Crippen LogP contribution is 2.40. The van der Waals surface area contributed by atoms with Gasteiger partial charge in [0.05, 0.1) is 12.1 Å². The average molecular weight is 473 g/mol. The van der Waals surface area contributed by atoms with Crippen LogP contribution in [0, 0.1) is 17.7 Å². The second-order valence-electron chi connectivity index (χ2n) is 8.44. The number of ether oxygens (including phenoxy) is 2. The van der Waals surface area contributed by atoms with E-state index >= 15 is 0 Å². The predicted octanol–water partition coefficient (Wildman–Crippen LogP) is 4.61. The van der Waals surface area contributed by atoms with Gasteiger partial charge in [0.25, 0.3) is 0 Å². The number of benzene rings is 1. The Hall–Kier alpha value is -3.07. The molecular formula is C23H26ClFN6O2. The lowest BCUT2D eigenvalue weighted by Crippen LogP contribution is -2.48. The first-order chi connectivity index (χ1) is 16.0. The number of aryl methyl sites for hydroxylation is 1. The van der Waals surface area contributed by atoms with Gasteiger partial charge in [-0.05, 0) is 49.8 Å². The van der Waals surface area contributed by atoms with Crippen LogP contribution in [0.1, 0.15) is 19.8 Å². The van der Waals surface area contributed by atoms with Crippen molar-refractivity contribution in [2.75, 3.05) is 30.4 Å². The van der Waals surface area contributed by atoms with Gasteiger partial charge >= 0.3 is 6.01 Å². The van der Waals surface area contributed by atoms with Crippen molar-refractivity contribution >= 4 is 23.2 Å². The summed E-state index contributed by atoms with van der Waals surface area (Å²) in [6.45, 7) is 4.46. The van der Waals surface area contributed by atoms with E-state index in [2.05, 4.69) is 25.3 Å². The van der Waals surface area contributed by atoms with Gasteiger partial charge in [0.2, 0.25) is 11.8 Å². The molecule has 2 aromatic heterocycles. The lowest BCUT2D eigenvalue weighted by Gasteiger charge is -2.39. The first-order valence-electron chi connectivity index (χ1n) is 11.1.